The van der Waals surface area contributed by atoms with Crippen molar-refractivity contribution in [2.24, 2.45) is 23.7 Å². The van der Waals surface area contributed by atoms with E-state index in [1.807, 2.05) is 15.6 Å². The number of fused-ring (bicyclic) bond motifs is 6. The summed E-state index contributed by atoms with van der Waals surface area (Å²) in [5, 5.41) is 0. The van der Waals surface area contributed by atoms with Gasteiger partial charge in [-0.25, -0.2) is 39.5 Å². The smallest absolute Gasteiger partial charge is 0.330 e. The maximum atomic E-state index is 12.1. The van der Waals surface area contributed by atoms with Gasteiger partial charge in [0.15, 0.2) is 35.4 Å². The molecule has 12 rings (SSSR count). The summed E-state index contributed by atoms with van der Waals surface area (Å²) < 4.78 is 43.4. The maximum Gasteiger partial charge on any atom is 0.330 e. The van der Waals surface area contributed by atoms with Gasteiger partial charge < -0.3 is 49.0 Å². The SMILES string of the molecule is CCC1[C@@H]2OCC[C@]1(CC)O[C@H]2n1cc(C)c(=O)[nH]c1=O.CCC1[C@@H]2OCC[C@]1(CC)O[C@H]2n1cnc2c(N)ncnc21.CCC1[CH-][C@H](n2ccc(=O)[nH]c2=O)O[C@@H]1CC.CCC1[CH-][C@H](n2cnc3c(N)ncnc32)O[C@@H]1CC.[Y].[Y]. The van der Waals surface area contributed by atoms with Gasteiger partial charge in [0.25, 0.3) is 11.1 Å². The van der Waals surface area contributed by atoms with Crippen molar-refractivity contribution in [2.45, 2.75) is 187 Å². The molecule has 24 nitrogen and oxygen atoms in total. The molecule has 0 amide bonds. The van der Waals surface area contributed by atoms with Crippen LogP contribution in [0, 0.1) is 43.4 Å². The molecule has 0 saturated carbocycles. The number of hydrogen-bond acceptors (Lipinski definition) is 18. The second kappa shape index (κ2) is 27.8. The van der Waals surface area contributed by atoms with Crippen molar-refractivity contribution in [2.75, 3.05) is 24.7 Å². The first-order valence-electron chi connectivity index (χ1n) is 28.2. The van der Waals surface area contributed by atoms with Gasteiger partial charge in [0.2, 0.25) is 0 Å². The van der Waals surface area contributed by atoms with Crippen molar-refractivity contribution in [1.29, 1.82) is 0 Å². The third-order valence-electron chi connectivity index (χ3n) is 17.2. The van der Waals surface area contributed by atoms with Crippen LogP contribution in [-0.4, -0.2) is 107 Å². The van der Waals surface area contributed by atoms with Crippen molar-refractivity contribution < 1.29 is 93.8 Å². The number of hydrogen-bond donors (Lipinski definition) is 4. The molecule has 4 bridgehead atoms. The van der Waals surface area contributed by atoms with Crippen LogP contribution in [0.25, 0.3) is 22.3 Å². The average molecular weight is 1270 g/mol. The number of imidazole rings is 2. The maximum absolute atomic E-state index is 12.1. The van der Waals surface area contributed by atoms with Gasteiger partial charge in [0.1, 0.15) is 35.9 Å². The minimum Gasteiger partial charge on any atom is -0.389 e. The molecule has 81 heavy (non-hydrogen) atoms. The molecular weight excluding hydrogens is 1190 g/mol. The van der Waals surface area contributed by atoms with Crippen LogP contribution in [-0.2, 0) is 93.8 Å². The molecule has 436 valence electrons. The molecule has 14 atom stereocenters. The Kier molecular flexibility index (Phi) is 22.2. The van der Waals surface area contributed by atoms with E-state index in [-0.39, 0.29) is 137 Å². The van der Waals surface area contributed by atoms with Gasteiger partial charge in [-0.1, -0.05) is 68.2 Å². The molecule has 2 radical (unpaired) electrons. The van der Waals surface area contributed by atoms with Crippen molar-refractivity contribution in [3.63, 3.8) is 0 Å². The summed E-state index contributed by atoms with van der Waals surface area (Å²) in [7, 11) is 0. The Morgan fingerprint density at radius 3 is 1.52 bits per heavy atom. The molecule has 6 aliphatic rings. The quantitative estimate of drug-likeness (QED) is 0.0983. The second-order valence-corrected chi connectivity index (χ2v) is 21.2. The fourth-order valence-corrected chi connectivity index (χ4v) is 12.8. The number of nitrogens with zero attached hydrogens (tertiary/aromatic N) is 10. The van der Waals surface area contributed by atoms with Crippen LogP contribution in [0.4, 0.5) is 11.6 Å². The van der Waals surface area contributed by atoms with Gasteiger partial charge in [0.05, 0.1) is 23.9 Å². The van der Waals surface area contributed by atoms with E-state index < -0.39 is 17.6 Å². The normalized spacial score (nSPS) is 30.8. The molecule has 0 aromatic carbocycles. The number of rotatable bonds is 12. The van der Waals surface area contributed by atoms with E-state index in [0.717, 1.165) is 76.5 Å². The molecule has 6 aliphatic heterocycles. The molecule has 6 N–H and O–H groups in total. The van der Waals surface area contributed by atoms with Crippen molar-refractivity contribution in [3.05, 3.63) is 104 Å². The number of anilines is 2. The molecule has 6 saturated heterocycles. The fourth-order valence-electron chi connectivity index (χ4n) is 12.8. The standard InChI is InChI=1S/C15H21N5O2.C15H22N2O4.C13H18N5O.C12H17N2O3.2Y/c1-3-9-11-14(22-15(9,4-2)5-6-21-11)20-8-19-10-12(16)17-7-18-13(10)20;1-4-10-11-13(21-15(10,5-2)6-7-20-11)17-8-9(3)12(18)16-14(17)19;1-3-8-5-10(19-9(8)4-2)18-7-17-11-12(14)15-6-16-13(11)18;1-3-8-7-11(17-9(8)4-2)14-6-5-10(15)13-12(14)16;;/h7-9,11,14H,3-6H2,1-2H3,(H2,16,17,18);8,10-11,13H,4-7H2,1-3H3,(H,16,18,19);5-10H,3-4H2,1-2H3,(H2,14,15,16);5-9,11H,3-4H2,1-2H3,(H,13,15,16);;/q;;2*-1;;/t9?,11-,14+,15-;10?,11-,13+,15-;8?,9-,10-;8?,9-,11-;;/m0011../s1. The molecule has 0 aliphatic carbocycles. The predicted molar refractivity (Wildman–Crippen MR) is 294 cm³/mol. The Morgan fingerprint density at radius 2 is 1.07 bits per heavy atom. The second-order valence-electron chi connectivity index (χ2n) is 21.2. The zero-order valence-electron chi connectivity index (χ0n) is 48.0. The number of nitrogen functional groups attached to an aromatic ring is 2. The van der Waals surface area contributed by atoms with E-state index in [0.29, 0.717) is 58.2 Å². The summed E-state index contributed by atoms with van der Waals surface area (Å²) in [5.41, 5.74) is 12.9. The zero-order chi connectivity index (χ0) is 56.3. The number of ether oxygens (including phenoxy) is 6. The number of aryl methyl sites for hydroxylation is 1. The summed E-state index contributed by atoms with van der Waals surface area (Å²) >= 11 is 0. The van der Waals surface area contributed by atoms with Crippen LogP contribution in [0.3, 0.4) is 0 Å². The van der Waals surface area contributed by atoms with Gasteiger partial charge in [-0.2, -0.15) is 0 Å². The molecule has 6 aromatic rings. The Hall–Kier alpha value is -3.97. The van der Waals surface area contributed by atoms with Gasteiger partial charge in [-0.05, 0) is 45.4 Å². The molecule has 12 heterocycles. The van der Waals surface area contributed by atoms with Crippen LogP contribution in [0.1, 0.15) is 150 Å². The summed E-state index contributed by atoms with van der Waals surface area (Å²) in [4.78, 5) is 76.0. The Labute approximate surface area is 521 Å². The van der Waals surface area contributed by atoms with Gasteiger partial charge in [-0.15, -0.1) is 11.8 Å². The first-order chi connectivity index (χ1) is 38.1. The molecule has 6 aromatic heterocycles. The van der Waals surface area contributed by atoms with Crippen molar-refractivity contribution >= 4 is 34.0 Å². The van der Waals surface area contributed by atoms with E-state index in [4.69, 9.17) is 39.9 Å². The molecule has 0 spiro atoms. The first-order valence-corrected chi connectivity index (χ1v) is 28.2. The monoisotopic (exact) mass is 1270 g/mol. The van der Waals surface area contributed by atoms with Gasteiger partial charge in [-0.3, -0.25) is 41.5 Å². The molecular formula is C55H78N14O10Y2-2. The Morgan fingerprint density at radius 1 is 0.605 bits per heavy atom. The average Bonchev–Trinajstić information content (AvgIpc) is 4.51. The van der Waals surface area contributed by atoms with E-state index >= 15 is 0 Å². The van der Waals surface area contributed by atoms with Gasteiger partial charge in [0, 0.05) is 152 Å². The van der Waals surface area contributed by atoms with E-state index in [2.05, 4.69) is 102 Å². The fraction of sp³-hybridized carbons (Fsp3) is 0.636. The van der Waals surface area contributed by atoms with Crippen LogP contribution in [0.2, 0.25) is 0 Å². The topological polar surface area (TPSA) is 304 Å². The number of nitrogens with two attached hydrogens (primary N) is 2. The van der Waals surface area contributed by atoms with E-state index in [1.165, 1.54) is 34.1 Å². The van der Waals surface area contributed by atoms with Crippen LogP contribution in [0.5, 0.6) is 0 Å². The summed E-state index contributed by atoms with van der Waals surface area (Å²) in [5.74, 6) is 2.31. The Balaban J connectivity index is 0.000000155. The Bertz CT molecular complexity index is 3270. The minimum absolute atomic E-state index is 0. The number of aromatic nitrogens is 12. The third-order valence-corrected chi connectivity index (χ3v) is 17.2. The minimum atomic E-state index is -0.458. The van der Waals surface area contributed by atoms with Crippen molar-refractivity contribution in [1.82, 2.24) is 58.1 Å². The molecule has 4 unspecified atom stereocenters. The van der Waals surface area contributed by atoms with E-state index in [9.17, 15) is 19.2 Å². The summed E-state index contributed by atoms with van der Waals surface area (Å²) in [6.45, 7) is 20.2. The number of aromatic amines is 2. The number of H-pyrrole nitrogens is 2. The van der Waals surface area contributed by atoms with Crippen molar-refractivity contribution in [3.8, 4) is 0 Å². The number of nitrogens with one attached hydrogen (secondary N) is 2. The summed E-state index contributed by atoms with van der Waals surface area (Å²) in [6, 6.07) is 1.33. The zero-order valence-corrected chi connectivity index (χ0v) is 53.7. The van der Waals surface area contributed by atoms with Crippen LogP contribution >= 0.6 is 0 Å². The third kappa shape index (κ3) is 12.7. The first kappa shape index (κ1) is 64.6. The van der Waals surface area contributed by atoms with Crippen LogP contribution in [0.15, 0.2) is 62.9 Å². The van der Waals surface area contributed by atoms with Gasteiger partial charge >= 0.3 is 11.4 Å². The predicted octanol–water partition coefficient (Wildman–Crippen LogP) is 6.25. The van der Waals surface area contributed by atoms with Crippen LogP contribution < -0.4 is 34.0 Å². The molecule has 26 heteroatoms. The summed E-state index contributed by atoms with van der Waals surface area (Å²) in [6.07, 6.45) is 22.6. The molecule has 6 fully saturated rings. The largest absolute Gasteiger partial charge is 0.389 e. The van der Waals surface area contributed by atoms with E-state index in [1.54, 1.807) is 25.8 Å².